The van der Waals surface area contributed by atoms with Gasteiger partial charge in [0, 0.05) is 46.9 Å². The Kier molecular flexibility index (Phi) is 8.70. The fourth-order valence-electron chi connectivity index (χ4n) is 0.351. The second-order valence-corrected chi connectivity index (χ2v) is 1.58. The summed E-state index contributed by atoms with van der Waals surface area (Å²) in [5.74, 6) is -0.125. The van der Waals surface area contributed by atoms with E-state index in [1.807, 2.05) is 0 Å². The van der Waals surface area contributed by atoms with Crippen LogP contribution in [0.3, 0.4) is 0 Å². The van der Waals surface area contributed by atoms with Gasteiger partial charge in [-0.15, -0.1) is 0 Å². The van der Waals surface area contributed by atoms with E-state index in [4.69, 9.17) is 0 Å². The van der Waals surface area contributed by atoms with Crippen LogP contribution in [0.25, 0.3) is 0 Å². The van der Waals surface area contributed by atoms with Gasteiger partial charge in [0.2, 0.25) is 0 Å². The molecular weight excluding hydrogens is 265 g/mol. The topological polar surface area (TPSA) is 34.1 Å². The van der Waals surface area contributed by atoms with Crippen molar-refractivity contribution in [1.82, 2.24) is 0 Å². The predicted molar refractivity (Wildman–Crippen MR) is 26.0 cm³/mol. The molecule has 0 atom stereocenters. The van der Waals surface area contributed by atoms with Gasteiger partial charge >= 0.3 is 0 Å². The quantitative estimate of drug-likeness (QED) is 0.689. The van der Waals surface area contributed by atoms with Crippen molar-refractivity contribution in [3.05, 3.63) is 0 Å². The van der Waals surface area contributed by atoms with Gasteiger partial charge in [-0.1, -0.05) is 0 Å². The normalized spacial score (nSPS) is 7.25. The van der Waals surface area contributed by atoms with Crippen molar-refractivity contribution in [2.75, 3.05) is 0 Å². The Morgan fingerprint density at radius 1 is 1.12 bits per heavy atom. The maximum absolute atomic E-state index is 10.0. The van der Waals surface area contributed by atoms with E-state index in [0.717, 1.165) is 0 Å². The van der Waals surface area contributed by atoms with Crippen LogP contribution < -0.4 is 0 Å². The summed E-state index contributed by atoms with van der Waals surface area (Å²) < 4.78 is 0. The fraction of sp³-hybridized carbons (Fsp3) is 0.600. The predicted octanol–water partition coefficient (Wildman–Crippen LogP) is 0.554. The third-order valence-corrected chi connectivity index (χ3v) is 0.498. The SMILES string of the molecule is CC(=O)CC(C)=O.[Yb]. The Hall–Kier alpha value is 0.859. The third-order valence-electron chi connectivity index (χ3n) is 0.498. The zero-order valence-electron chi connectivity index (χ0n) is 4.79. The molecule has 0 saturated carbocycles. The van der Waals surface area contributed by atoms with Crippen LogP contribution in [-0.4, -0.2) is 11.6 Å². The van der Waals surface area contributed by atoms with E-state index in [1.165, 1.54) is 13.8 Å². The maximum atomic E-state index is 10.0. The number of ketones is 2. The maximum Gasteiger partial charge on any atom is 0.137 e. The van der Waals surface area contributed by atoms with Crippen LogP contribution in [0, 0.1) is 46.9 Å². The Bertz CT molecular complexity index is 86.6. The minimum Gasteiger partial charge on any atom is -0.300 e. The molecule has 0 aliphatic carbocycles. The van der Waals surface area contributed by atoms with Gasteiger partial charge in [0.05, 0.1) is 6.42 Å². The van der Waals surface area contributed by atoms with Gasteiger partial charge in [0.25, 0.3) is 0 Å². The molecule has 0 bridgehead atoms. The van der Waals surface area contributed by atoms with Gasteiger partial charge in [-0.05, 0) is 13.8 Å². The Morgan fingerprint density at radius 2 is 1.38 bits per heavy atom. The van der Waals surface area contributed by atoms with Crippen LogP contribution in [0.2, 0.25) is 0 Å². The number of Topliss-reactive ketones (excluding diaryl/α,β-unsaturated/α-hetero) is 2. The Labute approximate surface area is 87.3 Å². The number of carbonyl (C=O) groups excluding carboxylic acids is 2. The first-order valence-corrected chi connectivity index (χ1v) is 2.12. The molecule has 2 nitrogen and oxygen atoms in total. The summed E-state index contributed by atoms with van der Waals surface area (Å²) in [6, 6.07) is 0. The molecule has 0 unspecified atom stereocenters. The molecule has 54 valence electrons. The molecule has 0 heterocycles. The van der Waals surface area contributed by atoms with Crippen molar-refractivity contribution < 1.29 is 56.5 Å². The largest absolute Gasteiger partial charge is 0.300 e. The van der Waals surface area contributed by atoms with E-state index in [-0.39, 0.29) is 64.9 Å². The number of hydrogen-bond donors (Lipinski definition) is 0. The standard InChI is InChI=1S/C5H8O2.Yb/c1-4(6)3-5(2)7;/h3H2,1-2H3;. The van der Waals surface area contributed by atoms with Crippen molar-refractivity contribution in [3.8, 4) is 0 Å². The van der Waals surface area contributed by atoms with Gasteiger partial charge in [0.15, 0.2) is 0 Å². The second-order valence-electron chi connectivity index (χ2n) is 1.58. The van der Waals surface area contributed by atoms with Crippen molar-refractivity contribution in [2.45, 2.75) is 20.3 Å². The molecule has 0 spiro atoms. The van der Waals surface area contributed by atoms with E-state index in [1.54, 1.807) is 0 Å². The summed E-state index contributed by atoms with van der Waals surface area (Å²) in [6.07, 6.45) is 0.0833. The summed E-state index contributed by atoms with van der Waals surface area (Å²) in [5.41, 5.74) is 0. The summed E-state index contributed by atoms with van der Waals surface area (Å²) in [5, 5.41) is 0. The average Bonchev–Trinajstić information content (AvgIpc) is 1.27. The van der Waals surface area contributed by atoms with Gasteiger partial charge in [-0.3, -0.25) is 9.59 Å². The molecule has 0 fully saturated rings. The molecule has 0 aromatic rings. The number of carbonyl (C=O) groups is 2. The van der Waals surface area contributed by atoms with Crippen LogP contribution in [0.1, 0.15) is 20.3 Å². The molecule has 0 radical (unpaired) electrons. The zero-order valence-corrected chi connectivity index (χ0v) is 6.51. The monoisotopic (exact) mass is 274 g/mol. The van der Waals surface area contributed by atoms with E-state index in [2.05, 4.69) is 0 Å². The van der Waals surface area contributed by atoms with Crippen LogP contribution in [-0.2, 0) is 9.59 Å². The Balaban J connectivity index is 0. The molecule has 3 heteroatoms. The smallest absolute Gasteiger partial charge is 0.137 e. The zero-order chi connectivity index (χ0) is 5.86. The third kappa shape index (κ3) is 9.97. The van der Waals surface area contributed by atoms with E-state index in [9.17, 15) is 9.59 Å². The number of rotatable bonds is 2. The first-order valence-electron chi connectivity index (χ1n) is 2.12. The van der Waals surface area contributed by atoms with Gasteiger partial charge < -0.3 is 0 Å². The van der Waals surface area contributed by atoms with Crippen LogP contribution in [0.5, 0.6) is 0 Å². The van der Waals surface area contributed by atoms with E-state index in [0.29, 0.717) is 0 Å². The van der Waals surface area contributed by atoms with Crippen LogP contribution >= 0.6 is 0 Å². The number of hydrogen-bond acceptors (Lipinski definition) is 2. The summed E-state index contributed by atoms with van der Waals surface area (Å²) >= 11 is 0. The van der Waals surface area contributed by atoms with Crippen molar-refractivity contribution in [2.24, 2.45) is 0 Å². The summed E-state index contributed by atoms with van der Waals surface area (Å²) in [7, 11) is 0. The second kappa shape index (κ2) is 5.99. The summed E-state index contributed by atoms with van der Waals surface area (Å²) in [4.78, 5) is 20.1. The molecule has 0 aliphatic rings. The Morgan fingerprint density at radius 3 is 1.38 bits per heavy atom. The molecular formula is C5H8O2Yb. The van der Waals surface area contributed by atoms with Gasteiger partial charge in [0.1, 0.15) is 11.6 Å². The van der Waals surface area contributed by atoms with Gasteiger partial charge in [-0.2, -0.15) is 0 Å². The van der Waals surface area contributed by atoms with E-state index >= 15 is 0 Å². The van der Waals surface area contributed by atoms with E-state index < -0.39 is 0 Å². The van der Waals surface area contributed by atoms with Crippen LogP contribution in [0.4, 0.5) is 0 Å². The van der Waals surface area contributed by atoms with Crippen molar-refractivity contribution in [1.29, 1.82) is 0 Å². The minimum atomic E-state index is -0.0625. The first-order chi connectivity index (χ1) is 3.13. The van der Waals surface area contributed by atoms with Crippen molar-refractivity contribution >= 4 is 11.6 Å². The van der Waals surface area contributed by atoms with Crippen molar-refractivity contribution in [3.63, 3.8) is 0 Å². The average molecular weight is 273 g/mol. The van der Waals surface area contributed by atoms with Crippen LogP contribution in [0.15, 0.2) is 0 Å². The summed E-state index contributed by atoms with van der Waals surface area (Å²) in [6.45, 7) is 2.81. The fourth-order valence-corrected chi connectivity index (χ4v) is 0.351. The molecule has 0 saturated heterocycles. The molecule has 0 aliphatic heterocycles. The molecule has 0 rings (SSSR count). The molecule has 0 amide bonds. The molecule has 0 aromatic carbocycles. The first kappa shape index (κ1) is 11.6. The van der Waals surface area contributed by atoms with Gasteiger partial charge in [-0.25, -0.2) is 0 Å². The molecule has 8 heavy (non-hydrogen) atoms. The minimum absolute atomic E-state index is 0. The molecule has 0 N–H and O–H groups in total. The molecule has 0 aromatic heterocycles.